The summed E-state index contributed by atoms with van der Waals surface area (Å²) in [5.41, 5.74) is 5.80. The Morgan fingerprint density at radius 1 is 0.955 bits per heavy atom. The number of benzene rings is 3. The van der Waals surface area contributed by atoms with E-state index in [2.05, 4.69) is 29.2 Å². The lowest BCUT2D eigenvalue weighted by atomic mass is 9.82. The highest BCUT2D eigenvalue weighted by molar-refractivity contribution is 6.30. The van der Waals surface area contributed by atoms with E-state index in [4.69, 9.17) is 16.6 Å². The average Bonchev–Trinajstić information content (AvgIpc) is 3.90. The molecule has 2 fully saturated rings. The van der Waals surface area contributed by atoms with Crippen molar-refractivity contribution in [2.45, 2.75) is 81.8 Å². The summed E-state index contributed by atoms with van der Waals surface area (Å²) in [6.07, 6.45) is 8.32. The molecule has 0 bridgehead atoms. The van der Waals surface area contributed by atoms with Gasteiger partial charge in [0, 0.05) is 11.6 Å². The summed E-state index contributed by atoms with van der Waals surface area (Å²) < 4.78 is 0. The fourth-order valence-electron chi connectivity index (χ4n) is 7.22. The molecule has 2 N–H and O–H groups in total. The van der Waals surface area contributed by atoms with E-state index in [9.17, 15) is 14.7 Å². The number of aryl methyl sites for hydroxylation is 1. The largest absolute Gasteiger partial charge is 0.378 e. The van der Waals surface area contributed by atoms with Gasteiger partial charge in [0.2, 0.25) is 0 Å². The Labute approximate surface area is 263 Å². The average molecular weight is 608 g/mol. The van der Waals surface area contributed by atoms with Crippen LogP contribution in [0.5, 0.6) is 0 Å². The van der Waals surface area contributed by atoms with Crippen LogP contribution < -0.4 is 5.56 Å². The van der Waals surface area contributed by atoms with Gasteiger partial charge in [-0.15, -0.1) is 0 Å². The minimum Gasteiger partial charge on any atom is -0.378 e. The highest BCUT2D eigenvalue weighted by atomic mass is 35.5. The van der Waals surface area contributed by atoms with Crippen molar-refractivity contribution in [1.29, 1.82) is 0 Å². The van der Waals surface area contributed by atoms with Crippen LogP contribution >= 0.6 is 11.6 Å². The zero-order valence-electron chi connectivity index (χ0n) is 24.9. The Bertz CT molecular complexity index is 1760. The molecule has 0 spiro atoms. The van der Waals surface area contributed by atoms with Crippen molar-refractivity contribution in [3.8, 4) is 11.1 Å². The van der Waals surface area contributed by atoms with Crippen LogP contribution in [0.1, 0.15) is 97.2 Å². The molecule has 2 saturated carbocycles. The minimum atomic E-state index is -1.34. The van der Waals surface area contributed by atoms with Gasteiger partial charge in [-0.05, 0) is 90.5 Å². The summed E-state index contributed by atoms with van der Waals surface area (Å²) in [7, 11) is 0. The van der Waals surface area contributed by atoms with Crippen molar-refractivity contribution in [3.05, 3.63) is 122 Å². The number of aliphatic hydroxyl groups is 1. The number of nitrogens with zero attached hydrogens (tertiary/aromatic N) is 2. The lowest BCUT2D eigenvalue weighted by Gasteiger charge is -2.25. The lowest BCUT2D eigenvalue weighted by molar-refractivity contribution is -0.141. The smallest absolute Gasteiger partial charge is 0.256 e. The lowest BCUT2D eigenvalue weighted by Crippen LogP contribution is -2.36. The number of nitrogens with one attached hydrogen (secondary N) is 1. The van der Waals surface area contributed by atoms with Gasteiger partial charge in [0.25, 0.3) is 11.5 Å². The molecule has 1 atom stereocenters. The van der Waals surface area contributed by atoms with Gasteiger partial charge in [-0.3, -0.25) is 9.59 Å². The standard InChI is InChI=1S/C37H38ClN3O3/c38-30-15-6-12-27(22-30)25-10-4-13-28(20-25)33(42)35(44)41-19-7-16-32-31(23-41)34(43)40-36(39-32)37(17-18-37)29-14-5-11-26(21-29)24-8-2-1-3-9-24/h4-6,10-15,20-22,24,33,42H,1-3,7-9,16-19,23H2,(H,39,40,43). The van der Waals surface area contributed by atoms with E-state index < -0.39 is 12.0 Å². The Morgan fingerprint density at radius 3 is 2.48 bits per heavy atom. The number of carbonyl (C=O) groups excluding carboxylic acids is 1. The Kier molecular flexibility index (Phi) is 7.90. The van der Waals surface area contributed by atoms with Crippen LogP contribution in [-0.2, 0) is 23.2 Å². The molecule has 6 nitrogen and oxygen atoms in total. The number of aliphatic hydroxyl groups excluding tert-OH is 1. The number of hydrogen-bond donors (Lipinski definition) is 2. The second kappa shape index (κ2) is 12.0. The molecule has 7 heteroatoms. The minimum absolute atomic E-state index is 0.131. The molecule has 0 radical (unpaired) electrons. The monoisotopic (exact) mass is 607 g/mol. The quantitative estimate of drug-likeness (QED) is 0.242. The molecule has 3 aromatic carbocycles. The number of hydrogen-bond acceptors (Lipinski definition) is 4. The maximum Gasteiger partial charge on any atom is 0.256 e. The first-order chi connectivity index (χ1) is 21.4. The molecule has 44 heavy (non-hydrogen) atoms. The van der Waals surface area contributed by atoms with Gasteiger partial charge in [-0.1, -0.05) is 85.5 Å². The van der Waals surface area contributed by atoms with E-state index in [0.29, 0.717) is 41.5 Å². The number of aromatic amines is 1. The highest BCUT2D eigenvalue weighted by Crippen LogP contribution is 2.52. The summed E-state index contributed by atoms with van der Waals surface area (Å²) in [5.74, 6) is 0.958. The van der Waals surface area contributed by atoms with Crippen molar-refractivity contribution < 1.29 is 9.90 Å². The van der Waals surface area contributed by atoms with Gasteiger partial charge >= 0.3 is 0 Å². The topological polar surface area (TPSA) is 86.3 Å². The molecular weight excluding hydrogens is 570 g/mol. The number of amides is 1. The molecule has 2 aliphatic carbocycles. The van der Waals surface area contributed by atoms with E-state index in [-0.39, 0.29) is 17.5 Å². The molecule has 1 aliphatic heterocycles. The van der Waals surface area contributed by atoms with E-state index in [1.54, 1.807) is 11.0 Å². The number of carbonyl (C=O) groups is 1. The van der Waals surface area contributed by atoms with Crippen LogP contribution in [0, 0.1) is 0 Å². The molecule has 226 valence electrons. The molecule has 1 aromatic heterocycles. The van der Waals surface area contributed by atoms with Crippen LogP contribution in [0.25, 0.3) is 11.1 Å². The second-order valence-corrected chi connectivity index (χ2v) is 13.2. The first kappa shape index (κ1) is 29.0. The van der Waals surface area contributed by atoms with Gasteiger partial charge in [0.05, 0.1) is 23.2 Å². The molecule has 1 unspecified atom stereocenters. The van der Waals surface area contributed by atoms with Crippen molar-refractivity contribution in [2.75, 3.05) is 6.54 Å². The molecular formula is C37H38ClN3O3. The maximum atomic E-state index is 13.6. The summed E-state index contributed by atoms with van der Waals surface area (Å²) in [5, 5.41) is 11.8. The van der Waals surface area contributed by atoms with Crippen molar-refractivity contribution in [3.63, 3.8) is 0 Å². The van der Waals surface area contributed by atoms with Gasteiger partial charge in [-0.2, -0.15) is 0 Å². The zero-order valence-corrected chi connectivity index (χ0v) is 25.7. The third-order valence-corrected chi connectivity index (χ3v) is 10.2. The zero-order chi connectivity index (χ0) is 30.3. The first-order valence-electron chi connectivity index (χ1n) is 16.0. The van der Waals surface area contributed by atoms with Crippen molar-refractivity contribution >= 4 is 17.5 Å². The van der Waals surface area contributed by atoms with Gasteiger partial charge in [0.15, 0.2) is 6.10 Å². The van der Waals surface area contributed by atoms with E-state index >= 15 is 0 Å². The predicted molar refractivity (Wildman–Crippen MR) is 173 cm³/mol. The van der Waals surface area contributed by atoms with Crippen LogP contribution in [0.2, 0.25) is 5.02 Å². The summed E-state index contributed by atoms with van der Waals surface area (Å²) in [6, 6.07) is 23.8. The van der Waals surface area contributed by atoms with E-state index in [1.165, 1.54) is 43.2 Å². The van der Waals surface area contributed by atoms with Crippen LogP contribution in [-0.4, -0.2) is 32.4 Å². The molecule has 7 rings (SSSR count). The Balaban J connectivity index is 1.12. The van der Waals surface area contributed by atoms with Crippen LogP contribution in [0.3, 0.4) is 0 Å². The molecule has 3 aliphatic rings. The molecule has 1 amide bonds. The number of halogens is 1. The fourth-order valence-corrected chi connectivity index (χ4v) is 7.41. The highest BCUT2D eigenvalue weighted by Gasteiger charge is 2.49. The van der Waals surface area contributed by atoms with E-state index in [0.717, 1.165) is 35.5 Å². The fraction of sp³-hybridized carbons (Fsp3) is 0.378. The van der Waals surface area contributed by atoms with Crippen LogP contribution in [0.4, 0.5) is 0 Å². The van der Waals surface area contributed by atoms with Crippen LogP contribution in [0.15, 0.2) is 77.6 Å². The predicted octanol–water partition coefficient (Wildman–Crippen LogP) is 7.23. The molecule has 0 saturated heterocycles. The normalized spacial score (nSPS) is 18.7. The number of H-pyrrole nitrogens is 1. The van der Waals surface area contributed by atoms with Gasteiger partial charge in [0.1, 0.15) is 5.82 Å². The van der Waals surface area contributed by atoms with E-state index in [1.807, 2.05) is 42.5 Å². The maximum absolute atomic E-state index is 13.6. The van der Waals surface area contributed by atoms with Gasteiger partial charge < -0.3 is 15.0 Å². The number of fused-ring (bicyclic) bond motifs is 1. The number of aromatic nitrogens is 2. The third kappa shape index (κ3) is 5.62. The molecule has 2 heterocycles. The summed E-state index contributed by atoms with van der Waals surface area (Å²) in [4.78, 5) is 37.0. The Hall–Kier alpha value is -3.74. The summed E-state index contributed by atoms with van der Waals surface area (Å²) >= 11 is 6.18. The first-order valence-corrected chi connectivity index (χ1v) is 16.3. The third-order valence-electron chi connectivity index (χ3n) is 9.92. The number of rotatable bonds is 6. The Morgan fingerprint density at radius 2 is 1.70 bits per heavy atom. The summed E-state index contributed by atoms with van der Waals surface area (Å²) in [6.45, 7) is 0.579. The van der Waals surface area contributed by atoms with Gasteiger partial charge in [-0.25, -0.2) is 4.98 Å². The van der Waals surface area contributed by atoms with Crippen molar-refractivity contribution in [2.24, 2.45) is 0 Å². The molecule has 4 aromatic rings. The van der Waals surface area contributed by atoms with Crippen molar-refractivity contribution in [1.82, 2.24) is 14.9 Å². The second-order valence-electron chi connectivity index (χ2n) is 12.8. The SMILES string of the molecule is O=C(C(O)c1cccc(-c2cccc(Cl)c2)c1)N1CCCc2nc(C3(c4cccc(C5CCCCC5)c4)CC3)[nH]c(=O)c2C1.